The van der Waals surface area contributed by atoms with Crippen molar-refractivity contribution < 1.29 is 5.11 Å². The van der Waals surface area contributed by atoms with Crippen LogP contribution in [-0.2, 0) is 0 Å². The zero-order valence-electron chi connectivity index (χ0n) is 12.2. The van der Waals surface area contributed by atoms with Crippen molar-refractivity contribution in [1.29, 1.82) is 0 Å². The van der Waals surface area contributed by atoms with E-state index in [1.807, 2.05) is 24.3 Å². The van der Waals surface area contributed by atoms with Crippen molar-refractivity contribution >= 4 is 0 Å². The maximum absolute atomic E-state index is 10.1. The summed E-state index contributed by atoms with van der Waals surface area (Å²) in [6.07, 6.45) is 2.09. The highest BCUT2D eigenvalue weighted by molar-refractivity contribution is 5.35. The molecule has 0 aromatic heterocycles. The van der Waals surface area contributed by atoms with E-state index < -0.39 is 0 Å². The summed E-state index contributed by atoms with van der Waals surface area (Å²) >= 11 is 0. The van der Waals surface area contributed by atoms with Crippen LogP contribution in [0.1, 0.15) is 49.9 Å². The van der Waals surface area contributed by atoms with Crippen molar-refractivity contribution in [1.82, 2.24) is 5.32 Å². The van der Waals surface area contributed by atoms with E-state index in [0.29, 0.717) is 5.75 Å². The smallest absolute Gasteiger partial charge is 0.120 e. The van der Waals surface area contributed by atoms with Gasteiger partial charge in [-0.1, -0.05) is 61.9 Å². The quantitative estimate of drug-likeness (QED) is 0.804. The fraction of sp³-hybridized carbons (Fsp3) is 0.333. The molecule has 0 saturated carbocycles. The zero-order chi connectivity index (χ0) is 14.4. The predicted molar refractivity (Wildman–Crippen MR) is 83.7 cm³/mol. The first-order chi connectivity index (χ1) is 9.72. The summed E-state index contributed by atoms with van der Waals surface area (Å²) in [6, 6.07) is 18.4. The van der Waals surface area contributed by atoms with E-state index in [4.69, 9.17) is 0 Å². The van der Waals surface area contributed by atoms with Crippen LogP contribution < -0.4 is 5.32 Å². The summed E-state index contributed by atoms with van der Waals surface area (Å²) in [7, 11) is 0. The number of hydrogen-bond acceptors (Lipinski definition) is 2. The molecule has 0 fully saturated rings. The standard InChI is InChI=1S/C18H23NO/c1-3-9-17(16-12-7-8-13-18(16)20)19-14(2)15-10-5-4-6-11-15/h4-8,10-14,17,19-20H,3,9H2,1-2H3/t14-,17+/m1/s1. The molecule has 0 bridgehead atoms. The fourth-order valence-electron chi connectivity index (χ4n) is 2.54. The Bertz CT molecular complexity index is 524. The van der Waals surface area contributed by atoms with Gasteiger partial charge in [0.2, 0.25) is 0 Å². The molecule has 2 atom stereocenters. The van der Waals surface area contributed by atoms with E-state index in [1.165, 1.54) is 5.56 Å². The van der Waals surface area contributed by atoms with Gasteiger partial charge in [-0.05, 0) is 25.0 Å². The molecular weight excluding hydrogens is 246 g/mol. The highest BCUT2D eigenvalue weighted by Gasteiger charge is 2.17. The fourth-order valence-corrected chi connectivity index (χ4v) is 2.54. The van der Waals surface area contributed by atoms with E-state index in [0.717, 1.165) is 18.4 Å². The molecule has 106 valence electrons. The van der Waals surface area contributed by atoms with Crippen LogP contribution in [0.15, 0.2) is 54.6 Å². The highest BCUT2D eigenvalue weighted by atomic mass is 16.3. The van der Waals surface area contributed by atoms with E-state index in [-0.39, 0.29) is 12.1 Å². The molecule has 2 aromatic carbocycles. The van der Waals surface area contributed by atoms with Crippen LogP contribution in [0.2, 0.25) is 0 Å². The zero-order valence-corrected chi connectivity index (χ0v) is 12.2. The Morgan fingerprint density at radius 2 is 1.65 bits per heavy atom. The largest absolute Gasteiger partial charge is 0.508 e. The first kappa shape index (κ1) is 14.6. The van der Waals surface area contributed by atoms with Crippen LogP contribution in [0, 0.1) is 0 Å². The van der Waals surface area contributed by atoms with E-state index in [9.17, 15) is 5.11 Å². The number of nitrogens with one attached hydrogen (secondary N) is 1. The molecule has 0 unspecified atom stereocenters. The maximum atomic E-state index is 10.1. The van der Waals surface area contributed by atoms with Crippen molar-refractivity contribution in [3.8, 4) is 5.75 Å². The molecule has 0 amide bonds. The minimum absolute atomic E-state index is 0.177. The number of rotatable bonds is 6. The van der Waals surface area contributed by atoms with E-state index >= 15 is 0 Å². The van der Waals surface area contributed by atoms with Gasteiger partial charge in [0.1, 0.15) is 5.75 Å². The number of hydrogen-bond donors (Lipinski definition) is 2. The summed E-state index contributed by atoms with van der Waals surface area (Å²) in [5.74, 6) is 0.374. The van der Waals surface area contributed by atoms with Gasteiger partial charge < -0.3 is 10.4 Å². The number of aromatic hydroxyl groups is 1. The Labute approximate surface area is 121 Å². The first-order valence-electron chi connectivity index (χ1n) is 7.31. The lowest BCUT2D eigenvalue weighted by Crippen LogP contribution is -2.24. The molecular formula is C18H23NO. The van der Waals surface area contributed by atoms with Crippen LogP contribution in [0.4, 0.5) is 0 Å². The molecule has 2 heteroatoms. The summed E-state index contributed by atoms with van der Waals surface area (Å²) in [4.78, 5) is 0. The second-order valence-corrected chi connectivity index (χ2v) is 5.20. The van der Waals surface area contributed by atoms with E-state index in [1.54, 1.807) is 6.07 Å². The molecule has 20 heavy (non-hydrogen) atoms. The molecule has 2 rings (SSSR count). The van der Waals surface area contributed by atoms with Gasteiger partial charge in [-0.15, -0.1) is 0 Å². The maximum Gasteiger partial charge on any atom is 0.120 e. The molecule has 2 nitrogen and oxygen atoms in total. The summed E-state index contributed by atoms with van der Waals surface area (Å²) in [6.45, 7) is 4.33. The summed E-state index contributed by atoms with van der Waals surface area (Å²) in [5, 5.41) is 13.7. The third kappa shape index (κ3) is 3.61. The lowest BCUT2D eigenvalue weighted by molar-refractivity contribution is 0.409. The summed E-state index contributed by atoms with van der Waals surface area (Å²) < 4.78 is 0. The molecule has 0 aliphatic heterocycles. The van der Waals surface area contributed by atoms with Crippen molar-refractivity contribution in [3.05, 3.63) is 65.7 Å². The Hall–Kier alpha value is -1.80. The van der Waals surface area contributed by atoms with Gasteiger partial charge >= 0.3 is 0 Å². The predicted octanol–water partition coefficient (Wildman–Crippen LogP) is 4.58. The average molecular weight is 269 g/mol. The normalized spacial score (nSPS) is 13.9. The Morgan fingerprint density at radius 1 is 1.00 bits per heavy atom. The summed E-state index contributed by atoms with van der Waals surface area (Å²) in [5.41, 5.74) is 2.25. The Morgan fingerprint density at radius 3 is 2.30 bits per heavy atom. The molecule has 0 spiro atoms. The van der Waals surface area contributed by atoms with Crippen molar-refractivity contribution in [2.75, 3.05) is 0 Å². The first-order valence-corrected chi connectivity index (χ1v) is 7.31. The second kappa shape index (κ2) is 7.11. The molecule has 0 aliphatic rings. The van der Waals surface area contributed by atoms with Gasteiger partial charge in [0.05, 0.1) is 0 Å². The molecule has 2 N–H and O–H groups in total. The van der Waals surface area contributed by atoms with Crippen LogP contribution >= 0.6 is 0 Å². The number of benzene rings is 2. The van der Waals surface area contributed by atoms with E-state index in [2.05, 4.69) is 43.4 Å². The molecule has 0 heterocycles. The van der Waals surface area contributed by atoms with Gasteiger partial charge in [-0.3, -0.25) is 0 Å². The Kier molecular flexibility index (Phi) is 5.19. The molecule has 0 saturated heterocycles. The van der Waals surface area contributed by atoms with Crippen LogP contribution in [0.3, 0.4) is 0 Å². The third-order valence-corrected chi connectivity index (χ3v) is 3.64. The van der Waals surface area contributed by atoms with Gasteiger partial charge in [-0.25, -0.2) is 0 Å². The lowest BCUT2D eigenvalue weighted by Gasteiger charge is -2.24. The van der Waals surface area contributed by atoms with Gasteiger partial charge in [0.25, 0.3) is 0 Å². The van der Waals surface area contributed by atoms with Crippen molar-refractivity contribution in [3.63, 3.8) is 0 Å². The molecule has 0 radical (unpaired) electrons. The van der Waals surface area contributed by atoms with Crippen molar-refractivity contribution in [2.24, 2.45) is 0 Å². The SMILES string of the molecule is CCC[C@H](N[C@H](C)c1ccccc1)c1ccccc1O. The topological polar surface area (TPSA) is 32.3 Å². The average Bonchev–Trinajstić information content (AvgIpc) is 2.48. The van der Waals surface area contributed by atoms with Crippen LogP contribution in [0.5, 0.6) is 5.75 Å². The highest BCUT2D eigenvalue weighted by Crippen LogP contribution is 2.29. The number of para-hydroxylation sites is 1. The van der Waals surface area contributed by atoms with Gasteiger partial charge in [0.15, 0.2) is 0 Å². The van der Waals surface area contributed by atoms with Crippen LogP contribution in [-0.4, -0.2) is 5.11 Å². The van der Waals surface area contributed by atoms with Crippen LogP contribution in [0.25, 0.3) is 0 Å². The molecule has 0 aliphatic carbocycles. The Balaban J connectivity index is 2.16. The molecule has 2 aromatic rings. The lowest BCUT2D eigenvalue weighted by atomic mass is 9.99. The van der Waals surface area contributed by atoms with Crippen molar-refractivity contribution in [2.45, 2.75) is 38.8 Å². The second-order valence-electron chi connectivity index (χ2n) is 5.20. The monoisotopic (exact) mass is 269 g/mol. The van der Waals surface area contributed by atoms with Gasteiger partial charge in [-0.2, -0.15) is 0 Å². The number of phenols is 1. The third-order valence-electron chi connectivity index (χ3n) is 3.64. The minimum atomic E-state index is 0.177. The van der Waals surface area contributed by atoms with Gasteiger partial charge in [0, 0.05) is 17.6 Å². The minimum Gasteiger partial charge on any atom is -0.508 e. The number of phenolic OH excluding ortho intramolecular Hbond substituents is 1.